The fraction of sp³-hybridized carbons (Fsp3) is 0.429. The zero-order chi connectivity index (χ0) is 25.1. The summed E-state index contributed by atoms with van der Waals surface area (Å²) in [6, 6.07) is 12.3. The van der Waals surface area contributed by atoms with Crippen molar-refractivity contribution in [1.29, 1.82) is 0 Å². The van der Waals surface area contributed by atoms with Crippen molar-refractivity contribution < 1.29 is 34.7 Å². The summed E-state index contributed by atoms with van der Waals surface area (Å²) in [4.78, 5) is 0. The van der Waals surface area contributed by atoms with Crippen LogP contribution >= 0.6 is 0 Å². The Kier molecular flexibility index (Phi) is 7.80. The number of rotatable bonds is 8. The highest BCUT2D eigenvalue weighted by Gasteiger charge is 2.34. The standard InChI is InChI=1S/C21H26F3N3O5S2/c1-33(28,29)27(34(2,30)31)17-10-11-19(32-21(22,23)24)16(13-17)14-26-18-9-6-12-25-20(18)15-7-4-3-5-8-15/h3-5,7-8,10-11,13,18,20,25-26H,6,9,12,14H2,1-2H3/t18-,20-/m0/s1. The van der Waals surface area contributed by atoms with E-state index in [1.807, 2.05) is 30.3 Å². The number of alkyl halides is 3. The molecule has 3 rings (SSSR count). The Morgan fingerprint density at radius 3 is 2.29 bits per heavy atom. The third-order valence-corrected chi connectivity index (χ3v) is 8.51. The molecule has 1 aliphatic heterocycles. The summed E-state index contributed by atoms with van der Waals surface area (Å²) in [7, 11) is -8.54. The SMILES string of the molecule is CS(=O)(=O)N(c1ccc(OC(F)(F)F)c(CN[C@H]2CCCN[C@H]2c2ccccc2)c1)S(C)(=O)=O. The highest BCUT2D eigenvalue weighted by Crippen LogP contribution is 2.32. The van der Waals surface area contributed by atoms with Gasteiger partial charge in [-0.2, -0.15) is 3.71 Å². The predicted octanol–water partition coefficient (Wildman–Crippen LogP) is 2.89. The van der Waals surface area contributed by atoms with Crippen molar-refractivity contribution in [1.82, 2.24) is 10.6 Å². The quantitative estimate of drug-likeness (QED) is 0.551. The van der Waals surface area contributed by atoms with Crippen LogP contribution in [-0.4, -0.2) is 48.3 Å². The number of piperidine rings is 1. The van der Waals surface area contributed by atoms with Gasteiger partial charge in [-0.1, -0.05) is 30.3 Å². The minimum absolute atomic E-state index is 0.0375. The summed E-state index contributed by atoms with van der Waals surface area (Å²) in [5, 5.41) is 6.63. The lowest BCUT2D eigenvalue weighted by Gasteiger charge is -2.34. The topological polar surface area (TPSA) is 105 Å². The van der Waals surface area contributed by atoms with Crippen molar-refractivity contribution in [2.75, 3.05) is 22.8 Å². The van der Waals surface area contributed by atoms with E-state index in [9.17, 15) is 30.0 Å². The molecular formula is C21H26F3N3O5S2. The van der Waals surface area contributed by atoms with E-state index in [2.05, 4.69) is 15.4 Å². The van der Waals surface area contributed by atoms with Crippen LogP contribution in [0.15, 0.2) is 48.5 Å². The van der Waals surface area contributed by atoms with Crippen molar-refractivity contribution in [3.63, 3.8) is 0 Å². The molecule has 34 heavy (non-hydrogen) atoms. The Labute approximate surface area is 197 Å². The third kappa shape index (κ3) is 6.84. The summed E-state index contributed by atoms with van der Waals surface area (Å²) in [5.41, 5.74) is 0.669. The van der Waals surface area contributed by atoms with Crippen LogP contribution in [0, 0.1) is 0 Å². The van der Waals surface area contributed by atoms with Crippen molar-refractivity contribution >= 4 is 25.7 Å². The molecule has 1 aliphatic rings. The van der Waals surface area contributed by atoms with Gasteiger partial charge >= 0.3 is 6.36 Å². The molecule has 2 N–H and O–H groups in total. The number of ether oxygens (including phenoxy) is 1. The van der Waals surface area contributed by atoms with E-state index in [4.69, 9.17) is 0 Å². The first kappa shape index (κ1) is 26.3. The van der Waals surface area contributed by atoms with Crippen molar-refractivity contribution in [2.45, 2.75) is 37.8 Å². The summed E-state index contributed by atoms with van der Waals surface area (Å²) in [6.07, 6.45) is -1.99. The molecule has 0 aromatic heterocycles. The maximum Gasteiger partial charge on any atom is 0.573 e. The van der Waals surface area contributed by atoms with Crippen LogP contribution in [0.3, 0.4) is 0 Å². The fourth-order valence-electron chi connectivity index (χ4n) is 4.03. The minimum Gasteiger partial charge on any atom is -0.405 e. The minimum atomic E-state index is -4.98. The molecule has 0 amide bonds. The van der Waals surface area contributed by atoms with Crippen molar-refractivity contribution in [3.8, 4) is 5.75 Å². The second-order valence-electron chi connectivity index (χ2n) is 8.04. The first-order chi connectivity index (χ1) is 15.8. The van der Waals surface area contributed by atoms with E-state index in [1.54, 1.807) is 0 Å². The van der Waals surface area contributed by atoms with Gasteiger partial charge in [0.2, 0.25) is 20.0 Å². The smallest absolute Gasteiger partial charge is 0.405 e. The highest BCUT2D eigenvalue weighted by molar-refractivity contribution is 8.09. The molecule has 1 fully saturated rings. The average Bonchev–Trinajstić information content (AvgIpc) is 2.71. The van der Waals surface area contributed by atoms with Gasteiger partial charge in [0.25, 0.3) is 0 Å². The van der Waals surface area contributed by atoms with Gasteiger partial charge in [-0.05, 0) is 43.1 Å². The number of nitrogens with zero attached hydrogens (tertiary/aromatic N) is 1. The van der Waals surface area contributed by atoms with Gasteiger partial charge in [0.1, 0.15) is 5.75 Å². The Morgan fingerprint density at radius 1 is 1.06 bits per heavy atom. The van der Waals surface area contributed by atoms with Crippen molar-refractivity contribution in [2.24, 2.45) is 0 Å². The number of hydrogen-bond donors (Lipinski definition) is 2. The van der Waals surface area contributed by atoms with Gasteiger partial charge < -0.3 is 15.4 Å². The predicted molar refractivity (Wildman–Crippen MR) is 122 cm³/mol. The first-order valence-corrected chi connectivity index (χ1v) is 14.1. The molecule has 0 aliphatic carbocycles. The molecule has 0 spiro atoms. The van der Waals surface area contributed by atoms with Crippen LogP contribution in [0.5, 0.6) is 5.75 Å². The molecule has 0 unspecified atom stereocenters. The molecule has 0 bridgehead atoms. The molecule has 1 heterocycles. The molecule has 2 atom stereocenters. The van der Waals surface area contributed by atoms with E-state index in [0.717, 1.165) is 43.1 Å². The summed E-state index contributed by atoms with van der Waals surface area (Å²) in [5.74, 6) is -0.550. The molecule has 2 aromatic carbocycles. The van der Waals surface area contributed by atoms with Gasteiger partial charge in [-0.25, -0.2) is 16.8 Å². The van der Waals surface area contributed by atoms with Gasteiger partial charge in [-0.3, -0.25) is 0 Å². The Bertz CT molecular complexity index is 1170. The average molecular weight is 522 g/mol. The Morgan fingerprint density at radius 2 is 1.71 bits per heavy atom. The number of hydrogen-bond acceptors (Lipinski definition) is 7. The fourth-order valence-corrected chi connectivity index (χ4v) is 6.99. The van der Waals surface area contributed by atoms with E-state index in [-0.39, 0.29) is 33.6 Å². The lowest BCUT2D eigenvalue weighted by molar-refractivity contribution is -0.274. The highest BCUT2D eigenvalue weighted by atomic mass is 32.3. The van der Waals surface area contributed by atoms with Crippen LogP contribution in [0.25, 0.3) is 0 Å². The van der Waals surface area contributed by atoms with Crippen LogP contribution in [-0.2, 0) is 26.6 Å². The number of sulfonamides is 2. The Hall–Kier alpha value is -2.35. The second-order valence-corrected chi connectivity index (χ2v) is 11.9. The van der Waals surface area contributed by atoms with E-state index >= 15 is 0 Å². The molecule has 8 nitrogen and oxygen atoms in total. The van der Waals surface area contributed by atoms with E-state index < -0.39 is 32.2 Å². The molecule has 0 radical (unpaired) electrons. The summed E-state index contributed by atoms with van der Waals surface area (Å²) < 4.78 is 91.7. The molecule has 2 aromatic rings. The van der Waals surface area contributed by atoms with Gasteiger partial charge in [-0.15, -0.1) is 13.2 Å². The van der Waals surface area contributed by atoms with Crippen molar-refractivity contribution in [3.05, 3.63) is 59.7 Å². The second kappa shape index (κ2) is 10.1. The van der Waals surface area contributed by atoms with Crippen LogP contribution in [0.1, 0.15) is 30.0 Å². The molecule has 13 heteroatoms. The molecule has 0 saturated carbocycles. The zero-order valence-corrected chi connectivity index (χ0v) is 20.2. The van der Waals surface area contributed by atoms with E-state index in [1.165, 1.54) is 0 Å². The number of benzene rings is 2. The maximum absolute atomic E-state index is 13.0. The van der Waals surface area contributed by atoms with E-state index in [0.29, 0.717) is 12.5 Å². The lowest BCUT2D eigenvalue weighted by Crippen LogP contribution is -2.45. The zero-order valence-electron chi connectivity index (χ0n) is 18.5. The largest absolute Gasteiger partial charge is 0.573 e. The van der Waals surface area contributed by atoms with Gasteiger partial charge in [0, 0.05) is 24.2 Å². The monoisotopic (exact) mass is 521 g/mol. The summed E-state index contributed by atoms with van der Waals surface area (Å²) in [6.45, 7) is 0.670. The van der Waals surface area contributed by atoms with Gasteiger partial charge in [0.15, 0.2) is 0 Å². The first-order valence-electron chi connectivity index (χ1n) is 10.4. The third-order valence-electron chi connectivity index (χ3n) is 5.25. The van der Waals surface area contributed by atoms with Gasteiger partial charge in [0.05, 0.1) is 18.2 Å². The van der Waals surface area contributed by atoms with Crippen LogP contribution in [0.4, 0.5) is 18.9 Å². The number of nitrogens with one attached hydrogen (secondary N) is 2. The maximum atomic E-state index is 13.0. The van der Waals surface area contributed by atoms with Crippen LogP contribution < -0.4 is 19.1 Å². The Balaban J connectivity index is 1.95. The summed E-state index contributed by atoms with van der Waals surface area (Å²) >= 11 is 0. The lowest BCUT2D eigenvalue weighted by atomic mass is 9.92. The molecular weight excluding hydrogens is 495 g/mol. The molecule has 188 valence electrons. The molecule has 1 saturated heterocycles. The number of halogens is 3. The normalized spacial score (nSPS) is 19.6. The number of anilines is 1. The van der Waals surface area contributed by atoms with Crippen LogP contribution in [0.2, 0.25) is 0 Å².